The summed E-state index contributed by atoms with van der Waals surface area (Å²) in [6.07, 6.45) is 2.69. The molecule has 0 fully saturated rings. The second-order valence-electron chi connectivity index (χ2n) is 6.67. The molecule has 2 aromatic carbocycles. The summed E-state index contributed by atoms with van der Waals surface area (Å²) < 4.78 is 30.0. The predicted octanol–water partition coefficient (Wildman–Crippen LogP) is 4.33. The third-order valence-electron chi connectivity index (χ3n) is 4.92. The molecule has 3 aromatic rings. The van der Waals surface area contributed by atoms with Gasteiger partial charge in [-0.1, -0.05) is 44.2 Å². The molecule has 0 aliphatic rings. The zero-order valence-corrected chi connectivity index (χ0v) is 16.7. The minimum absolute atomic E-state index is 0.218. The number of sulfonamides is 1. The Morgan fingerprint density at radius 2 is 1.70 bits per heavy atom. The van der Waals surface area contributed by atoms with Gasteiger partial charge in [0.25, 0.3) is 10.0 Å². The third-order valence-corrected chi connectivity index (χ3v) is 6.71. The zero-order valence-electron chi connectivity index (χ0n) is 15.9. The molecule has 0 aliphatic carbocycles. The Hall–Kier alpha value is -2.60. The molecule has 5 nitrogen and oxygen atoms in total. The van der Waals surface area contributed by atoms with Crippen LogP contribution in [0.15, 0.2) is 71.8 Å². The van der Waals surface area contributed by atoms with Crippen molar-refractivity contribution in [2.45, 2.75) is 37.6 Å². The fourth-order valence-corrected chi connectivity index (χ4v) is 4.38. The molecule has 27 heavy (non-hydrogen) atoms. The van der Waals surface area contributed by atoms with Gasteiger partial charge in [-0.2, -0.15) is 5.10 Å². The van der Waals surface area contributed by atoms with Crippen molar-refractivity contribution in [2.75, 3.05) is 4.31 Å². The van der Waals surface area contributed by atoms with E-state index in [0.29, 0.717) is 16.5 Å². The van der Waals surface area contributed by atoms with E-state index in [4.69, 9.17) is 0 Å². The molecule has 0 saturated heterocycles. The van der Waals surface area contributed by atoms with Gasteiger partial charge in [-0.25, -0.2) is 8.42 Å². The lowest BCUT2D eigenvalue weighted by Gasteiger charge is -2.25. The first-order valence-corrected chi connectivity index (χ1v) is 10.5. The first-order valence-electron chi connectivity index (χ1n) is 9.08. The van der Waals surface area contributed by atoms with Crippen LogP contribution in [-0.4, -0.2) is 18.2 Å². The monoisotopic (exact) mass is 383 g/mol. The van der Waals surface area contributed by atoms with Crippen LogP contribution in [0.2, 0.25) is 0 Å². The molecular weight excluding hydrogens is 358 g/mol. The van der Waals surface area contributed by atoms with Crippen molar-refractivity contribution in [3.63, 3.8) is 0 Å². The van der Waals surface area contributed by atoms with Gasteiger partial charge in [0.05, 0.1) is 22.8 Å². The van der Waals surface area contributed by atoms with Crippen molar-refractivity contribution in [3.05, 3.63) is 78.1 Å². The second kappa shape index (κ2) is 7.96. The SMILES string of the molecule is CCC(C)c1ccc(S(=O)(=O)N(Cc2ccnn2C)c2ccccc2)cc1. The topological polar surface area (TPSA) is 55.2 Å². The minimum Gasteiger partial charge on any atom is -0.271 e. The van der Waals surface area contributed by atoms with Crippen molar-refractivity contribution in [1.29, 1.82) is 0 Å². The molecule has 0 spiro atoms. The Morgan fingerprint density at radius 3 is 2.26 bits per heavy atom. The van der Waals surface area contributed by atoms with Gasteiger partial charge in [0.15, 0.2) is 0 Å². The van der Waals surface area contributed by atoms with Crippen LogP contribution in [0, 0.1) is 0 Å². The number of hydrogen-bond acceptors (Lipinski definition) is 3. The number of aryl methyl sites for hydroxylation is 1. The lowest BCUT2D eigenvalue weighted by molar-refractivity contribution is 0.588. The fourth-order valence-electron chi connectivity index (χ4n) is 2.94. The maximum atomic E-state index is 13.4. The zero-order chi connectivity index (χ0) is 19.4. The molecule has 1 atom stereocenters. The molecule has 0 amide bonds. The summed E-state index contributed by atoms with van der Waals surface area (Å²) in [6.45, 7) is 4.48. The third kappa shape index (κ3) is 4.06. The Morgan fingerprint density at radius 1 is 1.04 bits per heavy atom. The van der Waals surface area contributed by atoms with E-state index in [0.717, 1.165) is 17.7 Å². The summed E-state index contributed by atoms with van der Waals surface area (Å²) in [6, 6.07) is 18.2. The Bertz CT molecular complexity index is 980. The van der Waals surface area contributed by atoms with Crippen LogP contribution < -0.4 is 4.31 Å². The Kier molecular flexibility index (Phi) is 5.65. The maximum absolute atomic E-state index is 13.4. The van der Waals surface area contributed by atoms with Crippen LogP contribution in [0.4, 0.5) is 5.69 Å². The predicted molar refractivity (Wildman–Crippen MR) is 108 cm³/mol. The van der Waals surface area contributed by atoms with Gasteiger partial charge in [0.2, 0.25) is 0 Å². The molecule has 0 bridgehead atoms. The van der Waals surface area contributed by atoms with Crippen LogP contribution in [0.1, 0.15) is 37.4 Å². The largest absolute Gasteiger partial charge is 0.271 e. The highest BCUT2D eigenvalue weighted by Crippen LogP contribution is 2.27. The van der Waals surface area contributed by atoms with Crippen LogP contribution in [0.5, 0.6) is 0 Å². The first-order chi connectivity index (χ1) is 12.9. The Balaban J connectivity index is 2.01. The maximum Gasteiger partial charge on any atom is 0.264 e. The van der Waals surface area contributed by atoms with Crippen molar-refractivity contribution in [2.24, 2.45) is 7.05 Å². The second-order valence-corrected chi connectivity index (χ2v) is 8.53. The molecule has 0 aliphatic heterocycles. The highest BCUT2D eigenvalue weighted by atomic mass is 32.2. The lowest BCUT2D eigenvalue weighted by atomic mass is 9.99. The number of anilines is 1. The van der Waals surface area contributed by atoms with Gasteiger partial charge in [-0.15, -0.1) is 0 Å². The van der Waals surface area contributed by atoms with Gasteiger partial charge in [-0.3, -0.25) is 8.99 Å². The van der Waals surface area contributed by atoms with E-state index in [1.807, 2.05) is 43.4 Å². The summed E-state index contributed by atoms with van der Waals surface area (Å²) in [5.41, 5.74) is 2.60. The number of nitrogens with zero attached hydrogens (tertiary/aromatic N) is 3. The summed E-state index contributed by atoms with van der Waals surface area (Å²) in [4.78, 5) is 0.292. The van der Waals surface area contributed by atoms with Crippen molar-refractivity contribution in [1.82, 2.24) is 9.78 Å². The van der Waals surface area contributed by atoms with E-state index in [9.17, 15) is 8.42 Å². The van der Waals surface area contributed by atoms with E-state index in [-0.39, 0.29) is 6.54 Å². The van der Waals surface area contributed by atoms with E-state index < -0.39 is 10.0 Å². The van der Waals surface area contributed by atoms with Gasteiger partial charge >= 0.3 is 0 Å². The van der Waals surface area contributed by atoms with E-state index in [1.165, 1.54) is 4.31 Å². The number of hydrogen-bond donors (Lipinski definition) is 0. The lowest BCUT2D eigenvalue weighted by Crippen LogP contribution is -2.31. The highest BCUT2D eigenvalue weighted by molar-refractivity contribution is 7.92. The first kappa shape index (κ1) is 19.2. The molecular formula is C21H25N3O2S. The Labute approximate surface area is 161 Å². The average Bonchev–Trinajstić information content (AvgIpc) is 3.10. The van der Waals surface area contributed by atoms with Crippen LogP contribution >= 0.6 is 0 Å². The van der Waals surface area contributed by atoms with E-state index in [1.54, 1.807) is 35.1 Å². The normalized spacial score (nSPS) is 12.7. The summed E-state index contributed by atoms with van der Waals surface area (Å²) in [5, 5.41) is 4.15. The van der Waals surface area contributed by atoms with Crippen LogP contribution in [-0.2, 0) is 23.6 Å². The number of para-hydroxylation sites is 1. The molecule has 1 unspecified atom stereocenters. The molecule has 142 valence electrons. The molecule has 0 radical (unpaired) electrons. The smallest absolute Gasteiger partial charge is 0.264 e. The van der Waals surface area contributed by atoms with E-state index >= 15 is 0 Å². The molecule has 1 aromatic heterocycles. The van der Waals surface area contributed by atoms with Gasteiger partial charge < -0.3 is 0 Å². The van der Waals surface area contributed by atoms with Gasteiger partial charge in [-0.05, 0) is 48.2 Å². The summed E-state index contributed by atoms with van der Waals surface area (Å²) >= 11 is 0. The number of rotatable bonds is 7. The van der Waals surface area contributed by atoms with Crippen molar-refractivity contribution in [3.8, 4) is 0 Å². The highest BCUT2D eigenvalue weighted by Gasteiger charge is 2.26. The summed E-state index contributed by atoms with van der Waals surface area (Å²) in [5.74, 6) is 0.404. The quantitative estimate of drug-likeness (QED) is 0.610. The average molecular weight is 384 g/mol. The standard InChI is InChI=1S/C21H25N3O2S/c1-4-17(2)18-10-12-21(13-11-18)27(25,26)24(19-8-6-5-7-9-19)16-20-14-15-22-23(20)3/h5-15,17H,4,16H2,1-3H3. The molecule has 0 saturated carbocycles. The van der Waals surface area contributed by atoms with Gasteiger partial charge in [0, 0.05) is 13.2 Å². The van der Waals surface area contributed by atoms with Crippen molar-refractivity contribution < 1.29 is 8.42 Å². The fraction of sp³-hybridized carbons (Fsp3) is 0.286. The molecule has 6 heteroatoms. The molecule has 3 rings (SSSR count). The molecule has 1 heterocycles. The van der Waals surface area contributed by atoms with E-state index in [2.05, 4.69) is 18.9 Å². The number of benzene rings is 2. The van der Waals surface area contributed by atoms with Crippen molar-refractivity contribution >= 4 is 15.7 Å². The van der Waals surface area contributed by atoms with Gasteiger partial charge in [0.1, 0.15) is 0 Å². The molecule has 0 N–H and O–H groups in total. The minimum atomic E-state index is -3.70. The number of aromatic nitrogens is 2. The van der Waals surface area contributed by atoms with Crippen LogP contribution in [0.3, 0.4) is 0 Å². The summed E-state index contributed by atoms with van der Waals surface area (Å²) in [7, 11) is -1.89. The van der Waals surface area contributed by atoms with Crippen LogP contribution in [0.25, 0.3) is 0 Å².